The number of hydrogen-bond donors (Lipinski definition) is 0. The maximum atomic E-state index is 13.7. The number of likely N-dealkylation sites (tertiary alicyclic amines) is 1. The van der Waals surface area contributed by atoms with Crippen molar-refractivity contribution in [3.63, 3.8) is 0 Å². The molecule has 1 aliphatic heterocycles. The van der Waals surface area contributed by atoms with Crippen LogP contribution < -0.4 is 5.69 Å². The van der Waals surface area contributed by atoms with Gasteiger partial charge in [0, 0.05) is 19.3 Å². The van der Waals surface area contributed by atoms with Gasteiger partial charge in [0.05, 0.1) is 29.0 Å². The largest absolute Gasteiger partial charge is 0.444 e. The van der Waals surface area contributed by atoms with Crippen LogP contribution in [0.3, 0.4) is 0 Å². The zero-order valence-corrected chi connectivity index (χ0v) is 19.6. The molecule has 1 aliphatic rings. The Morgan fingerprint density at radius 3 is 2.38 bits per heavy atom. The normalized spacial score (nSPS) is 16.2. The Bertz CT molecular complexity index is 1380. The molecule has 5 rings (SSSR count). The van der Waals surface area contributed by atoms with E-state index in [1.54, 1.807) is 26.4 Å². The molecule has 0 saturated carbocycles. The summed E-state index contributed by atoms with van der Waals surface area (Å²) in [5.41, 5.74) is 3.87. The van der Waals surface area contributed by atoms with Gasteiger partial charge in [-0.1, -0.05) is 42.5 Å². The zero-order chi connectivity index (χ0) is 23.9. The lowest BCUT2D eigenvalue weighted by molar-refractivity contribution is 0.0289. The fraction of sp³-hybridized carbons (Fsp3) is 0.296. The molecule has 1 amide bonds. The molecule has 0 spiro atoms. The summed E-state index contributed by atoms with van der Waals surface area (Å²) in [4.78, 5) is 32.2. The summed E-state index contributed by atoms with van der Waals surface area (Å²) in [5, 5.41) is 0. The molecule has 0 aliphatic carbocycles. The average Bonchev–Trinajstić information content (AvgIpc) is 3.41. The minimum Gasteiger partial charge on any atom is -0.444 e. The summed E-state index contributed by atoms with van der Waals surface area (Å²) in [6, 6.07) is 19.9. The van der Waals surface area contributed by atoms with Crippen molar-refractivity contribution in [1.82, 2.24) is 19.0 Å². The van der Waals surface area contributed by atoms with Crippen molar-refractivity contribution in [2.24, 2.45) is 0 Å². The second kappa shape index (κ2) is 8.48. The topological polar surface area (TPSA) is 69.4 Å². The number of aromatic nitrogens is 3. The van der Waals surface area contributed by atoms with E-state index in [1.807, 2.05) is 69.3 Å². The molecule has 3 heterocycles. The minimum atomic E-state index is -0.558. The number of pyridine rings is 1. The predicted molar refractivity (Wildman–Crippen MR) is 132 cm³/mol. The molecule has 0 radical (unpaired) electrons. The van der Waals surface area contributed by atoms with Crippen molar-refractivity contribution in [3.8, 4) is 16.8 Å². The van der Waals surface area contributed by atoms with E-state index in [0.717, 1.165) is 27.8 Å². The quantitative estimate of drug-likeness (QED) is 0.433. The van der Waals surface area contributed by atoms with E-state index in [9.17, 15) is 9.59 Å². The molecular weight excluding hydrogens is 428 g/mol. The first-order valence-electron chi connectivity index (χ1n) is 11.5. The molecule has 2 aromatic heterocycles. The second-order valence-corrected chi connectivity index (χ2v) is 9.63. The lowest BCUT2D eigenvalue weighted by atomic mass is 10.1. The molecule has 0 unspecified atom stereocenters. The maximum absolute atomic E-state index is 13.7. The lowest BCUT2D eigenvalue weighted by Crippen LogP contribution is -2.36. The van der Waals surface area contributed by atoms with Gasteiger partial charge < -0.3 is 9.64 Å². The number of benzene rings is 2. The first-order chi connectivity index (χ1) is 16.3. The van der Waals surface area contributed by atoms with E-state index in [2.05, 4.69) is 17.1 Å². The van der Waals surface area contributed by atoms with E-state index in [1.165, 1.54) is 0 Å². The molecule has 7 heteroatoms. The number of carbonyl (C=O) groups excluding carboxylic acids is 1. The van der Waals surface area contributed by atoms with Crippen LogP contribution >= 0.6 is 0 Å². The van der Waals surface area contributed by atoms with Gasteiger partial charge in [-0.2, -0.15) is 0 Å². The highest BCUT2D eigenvalue weighted by atomic mass is 16.6. The van der Waals surface area contributed by atoms with Gasteiger partial charge in [0.1, 0.15) is 5.60 Å². The van der Waals surface area contributed by atoms with Gasteiger partial charge in [0.15, 0.2) is 0 Å². The molecule has 2 aromatic carbocycles. The van der Waals surface area contributed by atoms with Gasteiger partial charge in [-0.05, 0) is 56.5 Å². The summed E-state index contributed by atoms with van der Waals surface area (Å²) in [6.07, 6.45) is 3.76. The summed E-state index contributed by atoms with van der Waals surface area (Å²) in [5.74, 6) is 0. The third kappa shape index (κ3) is 4.09. The molecule has 1 fully saturated rings. The SMILES string of the molecule is CC(C)(C)OC(=O)N1CC[C@H](n2c(=O)n(-c3ccc(-c4ccccc4)cc3)c3ccncc32)C1. The lowest BCUT2D eigenvalue weighted by Gasteiger charge is -2.24. The zero-order valence-electron chi connectivity index (χ0n) is 19.6. The van der Waals surface area contributed by atoms with Crippen LogP contribution in [0, 0.1) is 0 Å². The second-order valence-electron chi connectivity index (χ2n) is 9.63. The Hall–Kier alpha value is -3.87. The molecule has 1 saturated heterocycles. The van der Waals surface area contributed by atoms with Crippen LogP contribution in [0.1, 0.15) is 33.2 Å². The number of imidazole rings is 1. The standard InChI is InChI=1S/C27H28N4O3/c1-27(2,3)34-26(33)29-16-14-22(18-29)31-24-17-28-15-13-23(24)30(25(31)32)21-11-9-20(10-12-21)19-7-5-4-6-8-19/h4-13,15,17,22H,14,16,18H2,1-3H3/t22-/m0/s1. The van der Waals surface area contributed by atoms with E-state index >= 15 is 0 Å². The van der Waals surface area contributed by atoms with E-state index in [-0.39, 0.29) is 17.8 Å². The highest BCUT2D eigenvalue weighted by molar-refractivity contribution is 5.78. The van der Waals surface area contributed by atoms with Crippen molar-refractivity contribution in [3.05, 3.63) is 83.5 Å². The van der Waals surface area contributed by atoms with Crippen LogP contribution in [0.15, 0.2) is 77.9 Å². The molecule has 0 N–H and O–H groups in total. The average molecular weight is 457 g/mol. The van der Waals surface area contributed by atoms with Crippen molar-refractivity contribution in [2.45, 2.75) is 38.8 Å². The van der Waals surface area contributed by atoms with Crippen LogP contribution in [0.4, 0.5) is 4.79 Å². The molecule has 0 bridgehead atoms. The fourth-order valence-corrected chi connectivity index (χ4v) is 4.55. The minimum absolute atomic E-state index is 0.133. The van der Waals surface area contributed by atoms with Crippen molar-refractivity contribution < 1.29 is 9.53 Å². The van der Waals surface area contributed by atoms with Crippen LogP contribution in [-0.4, -0.2) is 43.8 Å². The van der Waals surface area contributed by atoms with Gasteiger partial charge >= 0.3 is 11.8 Å². The highest BCUT2D eigenvalue weighted by Gasteiger charge is 2.33. The van der Waals surface area contributed by atoms with Crippen LogP contribution in [-0.2, 0) is 4.74 Å². The summed E-state index contributed by atoms with van der Waals surface area (Å²) >= 11 is 0. The monoisotopic (exact) mass is 456 g/mol. The van der Waals surface area contributed by atoms with Gasteiger partial charge in [-0.25, -0.2) is 9.59 Å². The Balaban J connectivity index is 1.50. The molecule has 1 atom stereocenters. The Kier molecular flexibility index (Phi) is 5.48. The first kappa shape index (κ1) is 21.9. The van der Waals surface area contributed by atoms with Gasteiger partial charge in [-0.15, -0.1) is 0 Å². The summed E-state index contributed by atoms with van der Waals surface area (Å²) in [7, 11) is 0. The number of rotatable bonds is 3. The third-order valence-electron chi connectivity index (χ3n) is 6.09. The third-order valence-corrected chi connectivity index (χ3v) is 6.09. The molecule has 34 heavy (non-hydrogen) atoms. The number of amides is 1. The molecule has 4 aromatic rings. The Labute approximate surface area is 198 Å². The number of fused-ring (bicyclic) bond motifs is 1. The van der Waals surface area contributed by atoms with Crippen LogP contribution in [0.2, 0.25) is 0 Å². The number of carbonyl (C=O) groups is 1. The van der Waals surface area contributed by atoms with E-state index in [4.69, 9.17) is 4.74 Å². The van der Waals surface area contributed by atoms with Gasteiger partial charge in [-0.3, -0.25) is 14.1 Å². The molecule has 174 valence electrons. The fourth-order valence-electron chi connectivity index (χ4n) is 4.55. The van der Waals surface area contributed by atoms with Crippen LogP contribution in [0.5, 0.6) is 0 Å². The van der Waals surface area contributed by atoms with E-state index in [0.29, 0.717) is 19.5 Å². The van der Waals surface area contributed by atoms with Crippen LogP contribution in [0.25, 0.3) is 27.8 Å². The maximum Gasteiger partial charge on any atom is 0.410 e. The van der Waals surface area contributed by atoms with Gasteiger partial charge in [0.25, 0.3) is 0 Å². The highest BCUT2D eigenvalue weighted by Crippen LogP contribution is 2.28. The van der Waals surface area contributed by atoms with Crippen molar-refractivity contribution in [1.29, 1.82) is 0 Å². The number of ether oxygens (including phenoxy) is 1. The first-order valence-corrected chi connectivity index (χ1v) is 11.5. The Morgan fingerprint density at radius 1 is 0.971 bits per heavy atom. The van der Waals surface area contributed by atoms with Crippen molar-refractivity contribution >= 4 is 17.1 Å². The number of hydrogen-bond acceptors (Lipinski definition) is 4. The molecular formula is C27H28N4O3. The van der Waals surface area contributed by atoms with E-state index < -0.39 is 5.60 Å². The van der Waals surface area contributed by atoms with Crippen molar-refractivity contribution in [2.75, 3.05) is 13.1 Å². The number of nitrogens with zero attached hydrogens (tertiary/aromatic N) is 4. The summed E-state index contributed by atoms with van der Waals surface area (Å²) in [6.45, 7) is 6.53. The van der Waals surface area contributed by atoms with Gasteiger partial charge in [0.2, 0.25) is 0 Å². The smallest absolute Gasteiger partial charge is 0.410 e. The summed E-state index contributed by atoms with van der Waals surface area (Å²) < 4.78 is 9.03. The molecule has 7 nitrogen and oxygen atoms in total. The predicted octanol–water partition coefficient (Wildman–Crippen LogP) is 5.04. The Morgan fingerprint density at radius 2 is 1.68 bits per heavy atom.